The summed E-state index contributed by atoms with van der Waals surface area (Å²) in [7, 11) is 2.24. The van der Waals surface area contributed by atoms with E-state index >= 15 is 0 Å². The molecule has 1 aliphatic rings. The number of benzene rings is 4. The number of nitrogens with zero attached hydrogens (tertiary/aromatic N) is 3. The second-order valence-corrected chi connectivity index (χ2v) is 9.65. The van der Waals surface area contributed by atoms with Gasteiger partial charge in [-0.15, -0.1) is 0 Å². The van der Waals surface area contributed by atoms with Crippen molar-refractivity contribution in [1.29, 1.82) is 0 Å². The van der Waals surface area contributed by atoms with Crippen LogP contribution in [-0.4, -0.2) is 42.5 Å². The van der Waals surface area contributed by atoms with Gasteiger partial charge in [-0.25, -0.2) is 0 Å². The van der Waals surface area contributed by atoms with Gasteiger partial charge in [0, 0.05) is 42.7 Å². The first-order valence-electron chi connectivity index (χ1n) is 12.8. The Balaban J connectivity index is 1.32. The normalized spacial score (nSPS) is 15.9. The average molecular weight is 474 g/mol. The van der Waals surface area contributed by atoms with Gasteiger partial charge in [0.25, 0.3) is 0 Å². The fourth-order valence-electron chi connectivity index (χ4n) is 5.40. The summed E-state index contributed by atoms with van der Waals surface area (Å²) in [5.74, 6) is 0. The van der Waals surface area contributed by atoms with Crippen LogP contribution in [-0.2, 0) is 0 Å². The van der Waals surface area contributed by atoms with E-state index in [4.69, 9.17) is 0 Å². The minimum atomic E-state index is 0.277. The molecule has 4 aromatic carbocycles. The second-order valence-electron chi connectivity index (χ2n) is 9.65. The Kier molecular flexibility index (Phi) is 7.61. The lowest BCUT2D eigenvalue weighted by molar-refractivity contribution is 0.225. The van der Waals surface area contributed by atoms with E-state index in [1.165, 1.54) is 11.1 Å². The monoisotopic (exact) mass is 473 g/mol. The third kappa shape index (κ3) is 5.43. The van der Waals surface area contributed by atoms with E-state index in [1.54, 1.807) is 0 Å². The number of likely N-dealkylation sites (N-methyl/N-ethyl adjacent to an activating group) is 1. The number of likely N-dealkylation sites (tertiary alicyclic amines) is 1. The lowest BCUT2D eigenvalue weighted by Gasteiger charge is -2.33. The molecule has 0 unspecified atom stereocenters. The molecule has 182 valence electrons. The van der Waals surface area contributed by atoms with Gasteiger partial charge in [0.2, 0.25) is 0 Å². The van der Waals surface area contributed by atoms with Crippen molar-refractivity contribution in [2.75, 3.05) is 31.6 Å². The van der Waals surface area contributed by atoms with Crippen LogP contribution < -0.4 is 4.90 Å². The minimum Gasteiger partial charge on any atom is -0.314 e. The fourth-order valence-corrected chi connectivity index (χ4v) is 5.40. The summed E-state index contributed by atoms with van der Waals surface area (Å²) >= 11 is 0. The molecule has 0 aromatic heterocycles. The van der Waals surface area contributed by atoms with Crippen LogP contribution in [0.1, 0.15) is 23.6 Å². The van der Waals surface area contributed by atoms with Gasteiger partial charge in [-0.05, 0) is 48.9 Å². The Morgan fingerprint density at radius 3 is 1.67 bits per heavy atom. The van der Waals surface area contributed by atoms with Gasteiger partial charge in [0.05, 0.1) is 6.04 Å². The summed E-state index contributed by atoms with van der Waals surface area (Å²) < 4.78 is 0. The van der Waals surface area contributed by atoms with E-state index < -0.39 is 0 Å². The van der Waals surface area contributed by atoms with Crippen molar-refractivity contribution in [3.63, 3.8) is 0 Å². The predicted molar refractivity (Wildman–Crippen MR) is 151 cm³/mol. The topological polar surface area (TPSA) is 9.72 Å². The van der Waals surface area contributed by atoms with Crippen LogP contribution in [0.5, 0.6) is 0 Å². The molecule has 3 nitrogen and oxygen atoms in total. The van der Waals surface area contributed by atoms with E-state index in [2.05, 4.69) is 150 Å². The summed E-state index contributed by atoms with van der Waals surface area (Å²) in [6, 6.07) is 43.7. The number of hydrogen-bond acceptors (Lipinski definition) is 3. The molecule has 1 aliphatic heterocycles. The maximum atomic E-state index is 4.54. The summed E-state index contributed by atoms with van der Waals surface area (Å²) in [5.41, 5.74) is 6.08. The molecule has 5 rings (SSSR count). The summed E-state index contributed by atoms with van der Waals surface area (Å²) in [6.45, 7) is 7.47. The van der Waals surface area contributed by atoms with Gasteiger partial charge >= 0.3 is 0 Å². The molecule has 1 heterocycles. The highest BCUT2D eigenvalue weighted by Crippen LogP contribution is 2.33. The smallest absolute Gasteiger partial charge is 0.0602 e. The molecule has 0 amide bonds. The van der Waals surface area contributed by atoms with Gasteiger partial charge in [0.15, 0.2) is 0 Å². The molecule has 1 atom stereocenters. The van der Waals surface area contributed by atoms with Crippen molar-refractivity contribution in [3.05, 3.63) is 145 Å². The van der Waals surface area contributed by atoms with Crippen LogP contribution in [0.3, 0.4) is 0 Å². The molecule has 0 aliphatic carbocycles. The van der Waals surface area contributed by atoms with Crippen molar-refractivity contribution < 1.29 is 0 Å². The number of rotatable bonds is 9. The van der Waals surface area contributed by atoms with Crippen LogP contribution in [0.4, 0.5) is 11.4 Å². The third-order valence-corrected chi connectivity index (χ3v) is 7.19. The SMILES string of the molecule is C=C(CN(C)[C@@H]1CCN(C(c2ccccc2)c2ccccc2)C1)N(c1ccccc1)c1ccccc1. The molecule has 0 N–H and O–H groups in total. The Morgan fingerprint density at radius 1 is 0.750 bits per heavy atom. The molecule has 0 saturated carbocycles. The molecular formula is C33H35N3. The van der Waals surface area contributed by atoms with Crippen molar-refractivity contribution in [3.8, 4) is 0 Å². The first-order chi connectivity index (χ1) is 17.7. The van der Waals surface area contributed by atoms with Gasteiger partial charge in [0.1, 0.15) is 0 Å². The van der Waals surface area contributed by atoms with Gasteiger partial charge in [-0.3, -0.25) is 9.80 Å². The Morgan fingerprint density at radius 2 is 1.19 bits per heavy atom. The van der Waals surface area contributed by atoms with Crippen LogP contribution in [0.2, 0.25) is 0 Å². The van der Waals surface area contributed by atoms with Crippen LogP contribution >= 0.6 is 0 Å². The first kappa shape index (κ1) is 24.1. The van der Waals surface area contributed by atoms with E-state index in [-0.39, 0.29) is 6.04 Å². The lowest BCUT2D eigenvalue weighted by atomic mass is 9.97. The highest BCUT2D eigenvalue weighted by molar-refractivity contribution is 5.68. The minimum absolute atomic E-state index is 0.277. The molecule has 3 heteroatoms. The van der Waals surface area contributed by atoms with Gasteiger partial charge in [-0.2, -0.15) is 0 Å². The van der Waals surface area contributed by atoms with Crippen molar-refractivity contribution >= 4 is 11.4 Å². The first-order valence-corrected chi connectivity index (χ1v) is 12.8. The zero-order valence-electron chi connectivity index (χ0n) is 21.1. The maximum absolute atomic E-state index is 4.54. The molecule has 1 fully saturated rings. The quantitative estimate of drug-likeness (QED) is 0.256. The van der Waals surface area contributed by atoms with Crippen molar-refractivity contribution in [2.45, 2.75) is 18.5 Å². The molecule has 0 spiro atoms. The van der Waals surface area contributed by atoms with Crippen molar-refractivity contribution in [1.82, 2.24) is 9.80 Å². The summed E-state index contributed by atoms with van der Waals surface area (Å²) in [5, 5.41) is 0. The predicted octanol–water partition coefficient (Wildman–Crippen LogP) is 7.13. The second kappa shape index (κ2) is 11.4. The van der Waals surface area contributed by atoms with Gasteiger partial charge < -0.3 is 4.90 Å². The molecule has 36 heavy (non-hydrogen) atoms. The third-order valence-electron chi connectivity index (χ3n) is 7.19. The molecule has 0 radical (unpaired) electrons. The zero-order chi connectivity index (χ0) is 24.7. The average Bonchev–Trinajstić information content (AvgIpc) is 3.41. The van der Waals surface area contributed by atoms with Gasteiger partial charge in [-0.1, -0.05) is 104 Å². The Bertz CT molecular complexity index is 1150. The largest absolute Gasteiger partial charge is 0.314 e. The van der Waals surface area contributed by atoms with Crippen LogP contribution in [0.25, 0.3) is 0 Å². The summed E-state index contributed by atoms with van der Waals surface area (Å²) in [4.78, 5) is 7.40. The van der Waals surface area contributed by atoms with Crippen LogP contribution in [0.15, 0.2) is 134 Å². The molecule has 0 bridgehead atoms. The lowest BCUT2D eigenvalue weighted by Crippen LogP contribution is -2.38. The highest BCUT2D eigenvalue weighted by atomic mass is 15.3. The number of para-hydroxylation sites is 2. The molecule has 4 aromatic rings. The van der Waals surface area contributed by atoms with Crippen LogP contribution in [0, 0.1) is 0 Å². The molecule has 1 saturated heterocycles. The van der Waals surface area contributed by atoms with E-state index in [1.807, 2.05) is 0 Å². The zero-order valence-corrected chi connectivity index (χ0v) is 21.1. The number of hydrogen-bond donors (Lipinski definition) is 0. The standard InChI is InChI=1S/C33H35N3/c1-27(36(30-19-11-5-12-20-30)31-21-13-6-14-22-31)25-34(2)32-23-24-35(26-32)33(28-15-7-3-8-16-28)29-17-9-4-10-18-29/h3-22,32-33H,1,23-26H2,2H3/t32-/m1/s1. The molecular weight excluding hydrogens is 438 g/mol. The fraction of sp³-hybridized carbons (Fsp3) is 0.212. The summed E-state index contributed by atoms with van der Waals surface area (Å²) in [6.07, 6.45) is 1.15. The highest BCUT2D eigenvalue weighted by Gasteiger charge is 2.32. The van der Waals surface area contributed by atoms with E-state index in [9.17, 15) is 0 Å². The Labute approximate surface area is 215 Å². The Hall–Kier alpha value is -3.66. The van der Waals surface area contributed by atoms with Crippen molar-refractivity contribution in [2.24, 2.45) is 0 Å². The van der Waals surface area contributed by atoms with E-state index in [0.29, 0.717) is 6.04 Å². The number of anilines is 2. The van der Waals surface area contributed by atoms with E-state index in [0.717, 1.165) is 43.1 Å². The maximum Gasteiger partial charge on any atom is 0.0602 e.